The average molecular weight is 242 g/mol. The van der Waals surface area contributed by atoms with Crippen LogP contribution in [-0.4, -0.2) is 0 Å². The zero-order valence-corrected chi connectivity index (χ0v) is 12.3. The van der Waals surface area contributed by atoms with Gasteiger partial charge >= 0.3 is 0 Å². The molecule has 18 heavy (non-hydrogen) atoms. The van der Waals surface area contributed by atoms with Crippen LogP contribution in [0.15, 0.2) is 48.6 Å². The van der Waals surface area contributed by atoms with E-state index in [0.717, 1.165) is 12.8 Å². The van der Waals surface area contributed by atoms with Gasteiger partial charge in [-0.05, 0) is 44.1 Å². The molecule has 0 saturated heterocycles. The zero-order chi connectivity index (χ0) is 13.6. The summed E-state index contributed by atoms with van der Waals surface area (Å²) in [5.41, 5.74) is 4.30. The third-order valence-corrected chi connectivity index (χ3v) is 3.32. The molecule has 0 aromatic heterocycles. The van der Waals surface area contributed by atoms with Crippen LogP contribution in [0.5, 0.6) is 0 Å². The van der Waals surface area contributed by atoms with Crippen LogP contribution in [0, 0.1) is 12.3 Å². The maximum atomic E-state index is 4.21. The van der Waals surface area contributed by atoms with Gasteiger partial charge in [-0.25, -0.2) is 0 Å². The minimum atomic E-state index is 0.283. The fourth-order valence-electron chi connectivity index (χ4n) is 2.12. The summed E-state index contributed by atoms with van der Waals surface area (Å²) in [6, 6.07) is 8.76. The van der Waals surface area contributed by atoms with E-state index in [2.05, 4.69) is 70.7 Å². The van der Waals surface area contributed by atoms with Gasteiger partial charge in [0, 0.05) is 0 Å². The third kappa shape index (κ3) is 5.35. The predicted molar refractivity (Wildman–Crippen MR) is 81.9 cm³/mol. The predicted octanol–water partition coefficient (Wildman–Crippen LogP) is 5.48. The maximum absolute atomic E-state index is 4.21. The number of rotatable bonds is 6. The summed E-state index contributed by atoms with van der Waals surface area (Å²) in [7, 11) is 0. The Balaban J connectivity index is 2.45. The van der Waals surface area contributed by atoms with Crippen molar-refractivity contribution < 1.29 is 0 Å². The molecule has 0 heterocycles. The summed E-state index contributed by atoms with van der Waals surface area (Å²) in [6.45, 7) is 13.0. The molecule has 1 aromatic rings. The SMILES string of the molecule is C=C(CCC(C)(C)C=CC)Cc1ccc(C)cc1. The molecule has 0 saturated carbocycles. The molecule has 0 spiro atoms. The Hall–Kier alpha value is -1.30. The minimum Gasteiger partial charge on any atom is -0.0995 e. The highest BCUT2D eigenvalue weighted by molar-refractivity contribution is 5.25. The number of aryl methyl sites for hydroxylation is 1. The van der Waals surface area contributed by atoms with E-state index >= 15 is 0 Å². The lowest BCUT2D eigenvalue weighted by Gasteiger charge is -2.20. The van der Waals surface area contributed by atoms with Gasteiger partial charge in [0.25, 0.3) is 0 Å². The maximum Gasteiger partial charge on any atom is -0.00698 e. The summed E-state index contributed by atoms with van der Waals surface area (Å²) in [5, 5.41) is 0. The minimum absolute atomic E-state index is 0.283. The smallest absolute Gasteiger partial charge is 0.00698 e. The Morgan fingerprint density at radius 2 is 1.83 bits per heavy atom. The highest BCUT2D eigenvalue weighted by Crippen LogP contribution is 2.26. The monoisotopic (exact) mass is 242 g/mol. The first kappa shape index (κ1) is 14.8. The molecule has 0 N–H and O–H groups in total. The van der Waals surface area contributed by atoms with Crippen LogP contribution in [0.1, 0.15) is 44.7 Å². The first-order chi connectivity index (χ1) is 8.43. The first-order valence-corrected chi connectivity index (χ1v) is 6.79. The molecule has 0 unspecified atom stereocenters. The van der Waals surface area contributed by atoms with Gasteiger partial charge in [0.15, 0.2) is 0 Å². The van der Waals surface area contributed by atoms with Crippen LogP contribution >= 0.6 is 0 Å². The van der Waals surface area contributed by atoms with Gasteiger partial charge in [0.2, 0.25) is 0 Å². The van der Waals surface area contributed by atoms with Gasteiger partial charge in [-0.3, -0.25) is 0 Å². The molecule has 0 aliphatic heterocycles. The molecule has 0 atom stereocenters. The molecule has 0 fully saturated rings. The molecule has 1 aromatic carbocycles. The Labute approximate surface area is 112 Å². The molecule has 0 aliphatic carbocycles. The summed E-state index contributed by atoms with van der Waals surface area (Å²) in [5.74, 6) is 0. The number of benzene rings is 1. The van der Waals surface area contributed by atoms with E-state index < -0.39 is 0 Å². The zero-order valence-electron chi connectivity index (χ0n) is 12.3. The van der Waals surface area contributed by atoms with Gasteiger partial charge in [-0.1, -0.05) is 68.0 Å². The van der Waals surface area contributed by atoms with E-state index in [-0.39, 0.29) is 5.41 Å². The van der Waals surface area contributed by atoms with Crippen molar-refractivity contribution in [3.05, 3.63) is 59.7 Å². The number of hydrogen-bond acceptors (Lipinski definition) is 0. The molecule has 0 nitrogen and oxygen atoms in total. The highest BCUT2D eigenvalue weighted by Gasteiger charge is 2.13. The molecule has 0 heteroatoms. The van der Waals surface area contributed by atoms with Gasteiger partial charge in [-0.15, -0.1) is 0 Å². The van der Waals surface area contributed by atoms with Crippen molar-refractivity contribution in [3.63, 3.8) is 0 Å². The second-order valence-corrected chi connectivity index (χ2v) is 5.90. The van der Waals surface area contributed by atoms with Crippen LogP contribution in [0.25, 0.3) is 0 Å². The van der Waals surface area contributed by atoms with Crippen molar-refractivity contribution in [3.8, 4) is 0 Å². The Bertz CT molecular complexity index is 404. The van der Waals surface area contributed by atoms with Crippen LogP contribution in [0.2, 0.25) is 0 Å². The number of hydrogen-bond donors (Lipinski definition) is 0. The van der Waals surface area contributed by atoms with E-state index in [4.69, 9.17) is 0 Å². The van der Waals surface area contributed by atoms with Crippen molar-refractivity contribution in [1.82, 2.24) is 0 Å². The van der Waals surface area contributed by atoms with Gasteiger partial charge < -0.3 is 0 Å². The van der Waals surface area contributed by atoms with Crippen molar-refractivity contribution in [2.45, 2.75) is 47.0 Å². The summed E-state index contributed by atoms with van der Waals surface area (Å²) >= 11 is 0. The summed E-state index contributed by atoms with van der Waals surface area (Å²) < 4.78 is 0. The summed E-state index contributed by atoms with van der Waals surface area (Å²) in [6.07, 6.45) is 7.70. The van der Waals surface area contributed by atoms with E-state index in [1.54, 1.807) is 0 Å². The first-order valence-electron chi connectivity index (χ1n) is 6.79. The second kappa shape index (κ2) is 6.58. The van der Waals surface area contributed by atoms with Crippen LogP contribution < -0.4 is 0 Å². The van der Waals surface area contributed by atoms with Crippen LogP contribution in [0.3, 0.4) is 0 Å². The standard InChI is InChI=1S/C18H26/c1-6-12-18(4,5)13-11-16(3)14-17-9-7-15(2)8-10-17/h6-10,12H,3,11,13-14H2,1-2,4-5H3. The van der Waals surface area contributed by atoms with Gasteiger partial charge in [0.1, 0.15) is 0 Å². The van der Waals surface area contributed by atoms with Gasteiger partial charge in [-0.2, -0.15) is 0 Å². The Morgan fingerprint density at radius 1 is 1.22 bits per heavy atom. The molecule has 0 radical (unpaired) electrons. The Kier molecular flexibility index (Phi) is 5.40. The molecular weight excluding hydrogens is 216 g/mol. The largest absolute Gasteiger partial charge is 0.0995 e. The van der Waals surface area contributed by atoms with Crippen molar-refractivity contribution >= 4 is 0 Å². The summed E-state index contributed by atoms with van der Waals surface area (Å²) in [4.78, 5) is 0. The van der Waals surface area contributed by atoms with Crippen molar-refractivity contribution in [1.29, 1.82) is 0 Å². The lowest BCUT2D eigenvalue weighted by molar-refractivity contribution is 0.435. The van der Waals surface area contributed by atoms with E-state index in [1.165, 1.54) is 23.1 Å². The highest BCUT2D eigenvalue weighted by atomic mass is 14.2. The Morgan fingerprint density at radius 3 is 2.39 bits per heavy atom. The molecule has 1 rings (SSSR count). The fraction of sp³-hybridized carbons (Fsp3) is 0.444. The number of allylic oxidation sites excluding steroid dienone is 3. The molecule has 0 aliphatic rings. The second-order valence-electron chi connectivity index (χ2n) is 5.90. The van der Waals surface area contributed by atoms with Crippen LogP contribution in [0.4, 0.5) is 0 Å². The fourth-order valence-corrected chi connectivity index (χ4v) is 2.12. The molecule has 98 valence electrons. The normalized spacial score (nSPS) is 12.0. The third-order valence-electron chi connectivity index (χ3n) is 3.32. The molecular formula is C18H26. The average Bonchev–Trinajstić information content (AvgIpc) is 2.30. The lowest BCUT2D eigenvalue weighted by atomic mass is 9.85. The van der Waals surface area contributed by atoms with E-state index in [9.17, 15) is 0 Å². The van der Waals surface area contributed by atoms with E-state index in [0.29, 0.717) is 0 Å². The van der Waals surface area contributed by atoms with Crippen molar-refractivity contribution in [2.75, 3.05) is 0 Å². The molecule has 0 bridgehead atoms. The lowest BCUT2D eigenvalue weighted by Crippen LogP contribution is -2.07. The molecule has 0 amide bonds. The topological polar surface area (TPSA) is 0 Å². The van der Waals surface area contributed by atoms with Crippen LogP contribution in [-0.2, 0) is 6.42 Å². The van der Waals surface area contributed by atoms with E-state index in [1.807, 2.05) is 0 Å². The van der Waals surface area contributed by atoms with Gasteiger partial charge in [0.05, 0.1) is 0 Å². The quantitative estimate of drug-likeness (QED) is 0.580. The van der Waals surface area contributed by atoms with Crippen molar-refractivity contribution in [2.24, 2.45) is 5.41 Å².